The van der Waals surface area contributed by atoms with Gasteiger partial charge in [0.05, 0.1) is 11.8 Å². The number of ether oxygens (including phenoxy) is 2. The van der Waals surface area contributed by atoms with Crippen LogP contribution in [0.4, 0.5) is 0 Å². The highest BCUT2D eigenvalue weighted by Gasteiger charge is 2.10. The van der Waals surface area contributed by atoms with Gasteiger partial charge in [0.1, 0.15) is 36.9 Å². The average molecular weight is 399 g/mol. The fourth-order valence-electron chi connectivity index (χ4n) is 2.37. The van der Waals surface area contributed by atoms with Gasteiger partial charge in [0.15, 0.2) is 0 Å². The normalized spacial score (nSPS) is 14.5. The van der Waals surface area contributed by atoms with Crippen LogP contribution in [0.2, 0.25) is 0 Å². The maximum atomic E-state index is 9.43. The van der Waals surface area contributed by atoms with Gasteiger partial charge in [-0.2, -0.15) is 0 Å². The molecule has 0 heterocycles. The van der Waals surface area contributed by atoms with Gasteiger partial charge in [-0.3, -0.25) is 0 Å². The highest BCUT2D eigenvalue weighted by molar-refractivity contribution is 6.18. The van der Waals surface area contributed by atoms with Crippen molar-refractivity contribution in [3.8, 4) is 11.5 Å². The molecule has 2 aromatic carbocycles. The second-order valence-electron chi connectivity index (χ2n) is 6.10. The first-order chi connectivity index (χ1) is 12.5. The molecular formula is C20H24Cl2O4. The number of benzene rings is 2. The molecule has 6 heteroatoms. The van der Waals surface area contributed by atoms with Crippen LogP contribution in [0, 0.1) is 0 Å². The summed E-state index contributed by atoms with van der Waals surface area (Å²) in [4.78, 5) is 0. The number of alkyl halides is 2. The third-order valence-electron chi connectivity index (χ3n) is 4.00. The second kappa shape index (κ2) is 10.6. The Labute approximate surface area is 164 Å². The molecule has 142 valence electrons. The van der Waals surface area contributed by atoms with E-state index in [0.717, 1.165) is 11.1 Å². The van der Waals surface area contributed by atoms with Crippen LogP contribution in [0.3, 0.4) is 0 Å². The zero-order valence-electron chi connectivity index (χ0n) is 14.6. The molecule has 0 saturated carbocycles. The lowest BCUT2D eigenvalue weighted by Gasteiger charge is -2.15. The Morgan fingerprint density at radius 2 is 1.08 bits per heavy atom. The predicted octanol–water partition coefficient (Wildman–Crippen LogP) is 3.80. The largest absolute Gasteiger partial charge is 0.491 e. The van der Waals surface area contributed by atoms with Crippen LogP contribution in [0.15, 0.2) is 48.5 Å². The summed E-state index contributed by atoms with van der Waals surface area (Å²) in [5.74, 6) is 1.91. The number of hydrogen-bond donors (Lipinski definition) is 2. The highest BCUT2D eigenvalue weighted by atomic mass is 35.5. The minimum Gasteiger partial charge on any atom is -0.491 e. The van der Waals surface area contributed by atoms with E-state index in [2.05, 4.69) is 6.92 Å². The Bertz CT molecular complexity index is 588. The van der Waals surface area contributed by atoms with Gasteiger partial charge in [-0.15, -0.1) is 23.2 Å². The number of hydrogen-bond acceptors (Lipinski definition) is 4. The van der Waals surface area contributed by atoms with Crippen molar-refractivity contribution in [3.05, 3.63) is 59.7 Å². The molecule has 26 heavy (non-hydrogen) atoms. The van der Waals surface area contributed by atoms with E-state index in [4.69, 9.17) is 32.7 Å². The summed E-state index contributed by atoms with van der Waals surface area (Å²) in [5.41, 5.74) is 2.31. The van der Waals surface area contributed by atoms with Gasteiger partial charge in [0, 0.05) is 5.92 Å². The predicted molar refractivity (Wildman–Crippen MR) is 105 cm³/mol. The van der Waals surface area contributed by atoms with Gasteiger partial charge < -0.3 is 19.7 Å². The van der Waals surface area contributed by atoms with Gasteiger partial charge in [-0.25, -0.2) is 0 Å². The lowest BCUT2D eigenvalue weighted by Crippen LogP contribution is -2.18. The van der Waals surface area contributed by atoms with Gasteiger partial charge in [0.25, 0.3) is 0 Å². The molecule has 0 radical (unpaired) electrons. The molecule has 0 aliphatic heterocycles. The van der Waals surface area contributed by atoms with E-state index in [9.17, 15) is 10.2 Å². The van der Waals surface area contributed by atoms with E-state index in [0.29, 0.717) is 11.5 Å². The number of aliphatic hydroxyl groups excluding tert-OH is 2. The topological polar surface area (TPSA) is 58.9 Å². The first-order valence-electron chi connectivity index (χ1n) is 8.47. The number of rotatable bonds is 10. The van der Waals surface area contributed by atoms with Crippen LogP contribution in [0.5, 0.6) is 11.5 Å². The summed E-state index contributed by atoms with van der Waals surface area (Å²) in [6, 6.07) is 15.6. The molecular weight excluding hydrogens is 375 g/mol. The van der Waals surface area contributed by atoms with Gasteiger partial charge in [-0.05, 0) is 35.4 Å². The fourth-order valence-corrected chi connectivity index (χ4v) is 2.55. The Morgan fingerprint density at radius 3 is 1.38 bits per heavy atom. The molecule has 2 atom stereocenters. The zero-order valence-corrected chi connectivity index (χ0v) is 16.2. The summed E-state index contributed by atoms with van der Waals surface area (Å²) in [6.07, 6.45) is -1.33. The molecule has 4 nitrogen and oxygen atoms in total. The summed E-state index contributed by atoms with van der Waals surface area (Å²) in [6.45, 7) is 2.48. The lowest BCUT2D eigenvalue weighted by molar-refractivity contribution is 0.125. The Morgan fingerprint density at radius 1 is 0.731 bits per heavy atom. The van der Waals surface area contributed by atoms with Gasteiger partial charge in [-0.1, -0.05) is 31.2 Å². The van der Waals surface area contributed by atoms with Crippen LogP contribution in [-0.2, 0) is 0 Å². The number of aliphatic hydroxyl groups is 2. The summed E-state index contributed by atoms with van der Waals surface area (Å²) < 4.78 is 11.0. The molecule has 0 bridgehead atoms. The third kappa shape index (κ3) is 6.36. The molecule has 0 aromatic heterocycles. The molecule has 0 saturated heterocycles. The van der Waals surface area contributed by atoms with Crippen LogP contribution < -0.4 is 9.47 Å². The quantitative estimate of drug-likeness (QED) is 0.597. The molecule has 0 aliphatic rings. The molecule has 0 fully saturated rings. The number of halogens is 2. The first-order valence-corrected chi connectivity index (χ1v) is 9.54. The maximum Gasteiger partial charge on any atom is 0.119 e. The van der Waals surface area contributed by atoms with E-state index in [-0.39, 0.29) is 30.9 Å². The monoisotopic (exact) mass is 398 g/mol. The maximum absolute atomic E-state index is 9.43. The molecule has 2 unspecified atom stereocenters. The van der Waals surface area contributed by atoms with Crippen LogP contribution in [0.1, 0.15) is 24.0 Å². The van der Waals surface area contributed by atoms with Gasteiger partial charge in [0.2, 0.25) is 0 Å². The lowest BCUT2D eigenvalue weighted by atomic mass is 9.93. The van der Waals surface area contributed by atoms with Crippen molar-refractivity contribution in [2.75, 3.05) is 25.0 Å². The van der Waals surface area contributed by atoms with E-state index in [1.54, 1.807) is 0 Å². The SMILES string of the molecule is CC(c1ccc(OCC(O)CCl)cc1)c1ccc(OCC(O)CCl)cc1. The Hall–Kier alpha value is -1.46. The third-order valence-corrected chi connectivity index (χ3v) is 4.71. The first kappa shape index (κ1) is 20.8. The highest BCUT2D eigenvalue weighted by Crippen LogP contribution is 2.27. The molecule has 2 aromatic rings. The molecule has 0 amide bonds. The van der Waals surface area contributed by atoms with E-state index < -0.39 is 12.2 Å². The van der Waals surface area contributed by atoms with Crippen LogP contribution >= 0.6 is 23.2 Å². The van der Waals surface area contributed by atoms with Crippen molar-refractivity contribution in [2.24, 2.45) is 0 Å². The Kier molecular flexibility index (Phi) is 8.52. The summed E-state index contributed by atoms with van der Waals surface area (Å²) >= 11 is 11.1. The zero-order chi connectivity index (χ0) is 18.9. The molecule has 2 N–H and O–H groups in total. The van der Waals surface area contributed by atoms with Crippen molar-refractivity contribution in [2.45, 2.75) is 25.0 Å². The summed E-state index contributed by atoms with van der Waals surface area (Å²) in [5, 5.41) is 18.9. The molecule has 2 rings (SSSR count). The minimum absolute atomic E-state index is 0.152. The van der Waals surface area contributed by atoms with Crippen molar-refractivity contribution in [3.63, 3.8) is 0 Å². The fraction of sp³-hybridized carbons (Fsp3) is 0.400. The van der Waals surface area contributed by atoms with Crippen LogP contribution in [0.25, 0.3) is 0 Å². The van der Waals surface area contributed by atoms with Crippen molar-refractivity contribution in [1.82, 2.24) is 0 Å². The van der Waals surface area contributed by atoms with Gasteiger partial charge >= 0.3 is 0 Å². The second-order valence-corrected chi connectivity index (χ2v) is 6.72. The molecule has 0 spiro atoms. The Balaban J connectivity index is 1.94. The average Bonchev–Trinajstić information content (AvgIpc) is 2.70. The standard InChI is InChI=1S/C20H24Cl2O4/c1-14(15-2-6-19(7-3-15)25-12-17(23)10-21)16-4-8-20(9-5-16)26-13-18(24)11-22/h2-9,14,17-18,23-24H,10-13H2,1H3. The van der Waals surface area contributed by atoms with E-state index >= 15 is 0 Å². The van der Waals surface area contributed by atoms with E-state index in [1.165, 1.54) is 0 Å². The summed E-state index contributed by atoms with van der Waals surface area (Å²) in [7, 11) is 0. The smallest absolute Gasteiger partial charge is 0.119 e. The van der Waals surface area contributed by atoms with Crippen LogP contribution in [-0.4, -0.2) is 47.4 Å². The van der Waals surface area contributed by atoms with Crippen molar-refractivity contribution < 1.29 is 19.7 Å². The van der Waals surface area contributed by atoms with E-state index in [1.807, 2.05) is 48.5 Å². The van der Waals surface area contributed by atoms with Crippen molar-refractivity contribution >= 4 is 23.2 Å². The molecule has 0 aliphatic carbocycles. The van der Waals surface area contributed by atoms with Crippen molar-refractivity contribution in [1.29, 1.82) is 0 Å². The minimum atomic E-state index is -0.665.